The Hall–Kier alpha value is -4.71. The Morgan fingerprint density at radius 2 is 1.68 bits per heavy atom. The summed E-state index contributed by atoms with van der Waals surface area (Å²) >= 11 is 0. The number of nitrogens with zero attached hydrogens (tertiary/aromatic N) is 3. The quantitative estimate of drug-likeness (QED) is 0.167. The summed E-state index contributed by atoms with van der Waals surface area (Å²) in [6.07, 6.45) is 5.04. The number of fused-ring (bicyclic) bond motifs is 1. The van der Waals surface area contributed by atoms with Crippen molar-refractivity contribution in [2.24, 2.45) is 0 Å². The second kappa shape index (κ2) is 10.7. The summed E-state index contributed by atoms with van der Waals surface area (Å²) < 4.78 is 1.54. The molecule has 12 nitrogen and oxygen atoms in total. The first-order valence-corrected chi connectivity index (χ1v) is 12.3. The second-order valence-electron chi connectivity index (χ2n) is 9.34. The summed E-state index contributed by atoms with van der Waals surface area (Å²) in [6, 6.07) is 14.5. The van der Waals surface area contributed by atoms with Gasteiger partial charge in [0.05, 0.1) is 16.0 Å². The third-order valence-corrected chi connectivity index (χ3v) is 6.67. The molecule has 0 atom stereocenters. The number of aromatic amines is 2. The number of nitro groups is 1. The standard InChI is InChI=1S/C26H27N7O5/c34-24-25(35)30-21-13-23(33(37)38)22(12-20(21)29-24)32-11-6-18(16-32)14-27-26(36)28-19-7-9-31(10-8-19)15-17-4-2-1-3-5-17/h1-6,11-13,16,19H,7-10,14-15H2,(H,29,34)(H,30,35)(H2,27,28,36). The maximum Gasteiger partial charge on any atom is 0.315 e. The zero-order valence-corrected chi connectivity index (χ0v) is 20.5. The highest BCUT2D eigenvalue weighted by molar-refractivity contribution is 5.81. The van der Waals surface area contributed by atoms with E-state index in [0.717, 1.165) is 38.0 Å². The Labute approximate surface area is 216 Å². The molecule has 2 amide bonds. The smallest absolute Gasteiger partial charge is 0.315 e. The summed E-state index contributed by atoms with van der Waals surface area (Å²) in [5.74, 6) is 0. The van der Waals surface area contributed by atoms with E-state index in [0.29, 0.717) is 0 Å². The Balaban J connectivity index is 1.18. The molecule has 4 aromatic rings. The summed E-state index contributed by atoms with van der Waals surface area (Å²) in [7, 11) is 0. The van der Waals surface area contributed by atoms with Crippen molar-refractivity contribution in [3.8, 4) is 5.69 Å². The fraction of sp³-hybridized carbons (Fsp3) is 0.269. The van der Waals surface area contributed by atoms with Crippen LogP contribution < -0.4 is 21.8 Å². The molecule has 0 spiro atoms. The molecule has 4 N–H and O–H groups in total. The fourth-order valence-electron chi connectivity index (χ4n) is 4.69. The molecule has 38 heavy (non-hydrogen) atoms. The number of H-pyrrole nitrogens is 2. The van der Waals surface area contributed by atoms with E-state index >= 15 is 0 Å². The van der Waals surface area contributed by atoms with Crippen LogP contribution in [-0.2, 0) is 13.1 Å². The summed E-state index contributed by atoms with van der Waals surface area (Å²) in [4.78, 5) is 54.0. The van der Waals surface area contributed by atoms with Crippen molar-refractivity contribution < 1.29 is 9.72 Å². The first-order valence-electron chi connectivity index (χ1n) is 12.3. The van der Waals surface area contributed by atoms with Gasteiger partial charge in [0.15, 0.2) is 0 Å². The van der Waals surface area contributed by atoms with Crippen molar-refractivity contribution in [2.45, 2.75) is 32.0 Å². The van der Waals surface area contributed by atoms with Gasteiger partial charge < -0.3 is 25.2 Å². The van der Waals surface area contributed by atoms with Gasteiger partial charge in [-0.1, -0.05) is 30.3 Å². The number of benzene rings is 2. The number of hydrogen-bond donors (Lipinski definition) is 4. The number of piperidine rings is 1. The molecule has 1 aliphatic rings. The van der Waals surface area contributed by atoms with Gasteiger partial charge in [0.2, 0.25) is 0 Å². The number of amides is 2. The number of hydrogen-bond acceptors (Lipinski definition) is 6. The van der Waals surface area contributed by atoms with Crippen LogP contribution in [0.4, 0.5) is 10.5 Å². The van der Waals surface area contributed by atoms with E-state index in [1.165, 1.54) is 17.7 Å². The maximum absolute atomic E-state index is 12.5. The molecule has 12 heteroatoms. The second-order valence-corrected chi connectivity index (χ2v) is 9.34. The van der Waals surface area contributed by atoms with Crippen molar-refractivity contribution in [1.29, 1.82) is 0 Å². The molecule has 5 rings (SSSR count). The van der Waals surface area contributed by atoms with E-state index in [1.54, 1.807) is 23.0 Å². The number of nitrogens with one attached hydrogen (secondary N) is 4. The van der Waals surface area contributed by atoms with Gasteiger partial charge in [-0.05, 0) is 36.1 Å². The average Bonchev–Trinajstić information content (AvgIpc) is 3.38. The predicted octanol–water partition coefficient (Wildman–Crippen LogP) is 2.38. The van der Waals surface area contributed by atoms with Crippen LogP contribution in [0.3, 0.4) is 0 Å². The van der Waals surface area contributed by atoms with Crippen LogP contribution >= 0.6 is 0 Å². The van der Waals surface area contributed by atoms with E-state index in [9.17, 15) is 24.5 Å². The van der Waals surface area contributed by atoms with Gasteiger partial charge in [0.25, 0.3) is 5.69 Å². The molecule has 0 unspecified atom stereocenters. The third-order valence-electron chi connectivity index (χ3n) is 6.67. The number of carbonyl (C=O) groups excluding carboxylic acids is 1. The number of likely N-dealkylation sites (tertiary alicyclic amines) is 1. The van der Waals surface area contributed by atoms with Crippen molar-refractivity contribution >= 4 is 22.8 Å². The summed E-state index contributed by atoms with van der Waals surface area (Å²) in [5, 5.41) is 17.5. The molecule has 0 aliphatic carbocycles. The minimum atomic E-state index is -0.884. The van der Waals surface area contributed by atoms with E-state index in [4.69, 9.17) is 0 Å². The van der Waals surface area contributed by atoms with Crippen molar-refractivity contribution in [2.75, 3.05) is 13.1 Å². The van der Waals surface area contributed by atoms with Gasteiger partial charge in [-0.25, -0.2) is 4.79 Å². The lowest BCUT2D eigenvalue weighted by molar-refractivity contribution is -0.384. The molecule has 1 aliphatic heterocycles. The summed E-state index contributed by atoms with van der Waals surface area (Å²) in [6.45, 7) is 2.95. The fourth-order valence-corrected chi connectivity index (χ4v) is 4.69. The lowest BCUT2D eigenvalue weighted by Gasteiger charge is -2.32. The van der Waals surface area contributed by atoms with Gasteiger partial charge in [0.1, 0.15) is 5.69 Å². The predicted molar refractivity (Wildman–Crippen MR) is 141 cm³/mol. The third kappa shape index (κ3) is 5.65. The SMILES string of the molecule is O=C(NCc1ccn(-c2cc3[nH]c(=O)c(=O)[nH]c3cc2[N+](=O)[O-])c1)NC1CCN(Cc2ccccc2)CC1. The highest BCUT2D eigenvalue weighted by Gasteiger charge is 2.21. The monoisotopic (exact) mass is 517 g/mol. The lowest BCUT2D eigenvalue weighted by atomic mass is 10.0. The van der Waals surface area contributed by atoms with Crippen molar-refractivity contribution in [3.05, 3.63) is 103 Å². The van der Waals surface area contributed by atoms with Crippen LogP contribution in [0.25, 0.3) is 16.7 Å². The Kier molecular flexibility index (Phi) is 7.05. The van der Waals surface area contributed by atoms with Crippen LogP contribution in [0, 0.1) is 10.1 Å². The topological polar surface area (TPSA) is 158 Å². The van der Waals surface area contributed by atoms with Gasteiger partial charge in [-0.2, -0.15) is 0 Å². The molecule has 0 saturated carbocycles. The van der Waals surface area contributed by atoms with Crippen molar-refractivity contribution in [3.63, 3.8) is 0 Å². The van der Waals surface area contributed by atoms with E-state index in [2.05, 4.69) is 37.6 Å². The van der Waals surface area contributed by atoms with Crippen LogP contribution in [0.1, 0.15) is 24.0 Å². The Morgan fingerprint density at radius 1 is 1.00 bits per heavy atom. The van der Waals surface area contributed by atoms with Crippen LogP contribution in [-0.4, -0.2) is 49.5 Å². The number of nitro benzene ring substituents is 1. The largest absolute Gasteiger partial charge is 0.335 e. The Morgan fingerprint density at radius 3 is 2.37 bits per heavy atom. The number of rotatable bonds is 7. The summed E-state index contributed by atoms with van der Waals surface area (Å²) in [5.41, 5.74) is 0.671. The van der Waals surface area contributed by atoms with E-state index < -0.39 is 16.0 Å². The van der Waals surface area contributed by atoms with Gasteiger partial charge >= 0.3 is 17.1 Å². The van der Waals surface area contributed by atoms with E-state index in [-0.39, 0.29) is 41.0 Å². The van der Waals surface area contributed by atoms with Gasteiger partial charge in [-0.15, -0.1) is 0 Å². The molecule has 0 radical (unpaired) electrons. The number of aromatic nitrogens is 3. The maximum atomic E-state index is 12.5. The first kappa shape index (κ1) is 25.0. The number of urea groups is 1. The molecule has 1 saturated heterocycles. The first-order chi connectivity index (χ1) is 18.4. The van der Waals surface area contributed by atoms with Crippen LogP contribution in [0.5, 0.6) is 0 Å². The highest BCUT2D eigenvalue weighted by Crippen LogP contribution is 2.27. The minimum absolute atomic E-state index is 0.0977. The molecular formula is C26H27N7O5. The lowest BCUT2D eigenvalue weighted by Crippen LogP contribution is -2.47. The molecule has 196 valence electrons. The van der Waals surface area contributed by atoms with Gasteiger partial charge in [0, 0.05) is 50.7 Å². The van der Waals surface area contributed by atoms with Crippen LogP contribution in [0.2, 0.25) is 0 Å². The zero-order valence-electron chi connectivity index (χ0n) is 20.5. The number of carbonyl (C=O) groups is 1. The molecule has 2 aromatic heterocycles. The average molecular weight is 518 g/mol. The highest BCUT2D eigenvalue weighted by atomic mass is 16.6. The molecule has 0 bridgehead atoms. The zero-order chi connectivity index (χ0) is 26.6. The molecule has 3 heterocycles. The van der Waals surface area contributed by atoms with Crippen molar-refractivity contribution in [1.82, 2.24) is 30.1 Å². The Bertz CT molecular complexity index is 1580. The van der Waals surface area contributed by atoms with E-state index in [1.807, 2.05) is 18.2 Å². The molecule has 2 aromatic carbocycles. The minimum Gasteiger partial charge on any atom is -0.335 e. The van der Waals surface area contributed by atoms with Crippen LogP contribution in [0.15, 0.2) is 70.5 Å². The normalized spacial score (nSPS) is 14.4. The molecule has 1 fully saturated rings. The van der Waals surface area contributed by atoms with Gasteiger partial charge in [-0.3, -0.25) is 24.6 Å². The molecular weight excluding hydrogens is 490 g/mol.